The molecule has 0 aliphatic carbocycles. The molecule has 3 rings (SSSR count). The van der Waals surface area contributed by atoms with E-state index in [0.29, 0.717) is 18.5 Å². The molecule has 1 unspecified atom stereocenters. The Morgan fingerprint density at radius 1 is 1.17 bits per heavy atom. The van der Waals surface area contributed by atoms with E-state index in [2.05, 4.69) is 26.0 Å². The first-order valence-corrected chi connectivity index (χ1v) is 8.28. The van der Waals surface area contributed by atoms with Crippen LogP contribution >= 0.6 is 0 Å². The first-order valence-electron chi connectivity index (χ1n) is 8.28. The Bertz CT molecular complexity index is 784. The molecule has 2 aromatic rings. The normalized spacial score (nSPS) is 16.6. The summed E-state index contributed by atoms with van der Waals surface area (Å²) in [6.07, 6.45) is 1.43. The highest BCUT2D eigenvalue weighted by molar-refractivity contribution is 5.97. The second kappa shape index (κ2) is 6.48. The highest BCUT2D eigenvalue weighted by atomic mass is 16.2. The molecule has 2 N–H and O–H groups in total. The van der Waals surface area contributed by atoms with E-state index in [1.807, 2.05) is 18.2 Å². The zero-order chi connectivity index (χ0) is 17.3. The highest BCUT2D eigenvalue weighted by Crippen LogP contribution is 2.28. The maximum Gasteiger partial charge on any atom is 0.254 e. The molecule has 0 spiro atoms. The smallest absolute Gasteiger partial charge is 0.254 e. The molecule has 1 atom stereocenters. The number of nitrogens with two attached hydrogens (primary N) is 1. The van der Waals surface area contributed by atoms with Crippen LogP contribution in [0.5, 0.6) is 0 Å². The molecule has 0 saturated carbocycles. The number of rotatable bonds is 3. The van der Waals surface area contributed by atoms with Gasteiger partial charge < -0.3 is 10.6 Å². The summed E-state index contributed by atoms with van der Waals surface area (Å²) in [6.45, 7) is 4.63. The molecule has 124 valence electrons. The number of hydrogen-bond acceptors (Lipinski definition) is 2. The summed E-state index contributed by atoms with van der Waals surface area (Å²) in [7, 11) is 0. The molecule has 1 heterocycles. The topological polar surface area (TPSA) is 63.4 Å². The average Bonchev–Trinajstić information content (AvgIpc) is 2.60. The lowest BCUT2D eigenvalue weighted by atomic mass is 9.89. The highest BCUT2D eigenvalue weighted by Gasteiger charge is 2.34. The lowest BCUT2D eigenvalue weighted by Crippen LogP contribution is -2.51. The minimum Gasteiger partial charge on any atom is -0.368 e. The van der Waals surface area contributed by atoms with E-state index in [4.69, 9.17) is 5.73 Å². The Morgan fingerprint density at radius 3 is 2.50 bits per heavy atom. The van der Waals surface area contributed by atoms with Crippen LogP contribution in [0.15, 0.2) is 42.5 Å². The Hall–Kier alpha value is -2.62. The number of benzene rings is 2. The van der Waals surface area contributed by atoms with Crippen molar-refractivity contribution in [1.29, 1.82) is 0 Å². The van der Waals surface area contributed by atoms with Gasteiger partial charge in [-0.2, -0.15) is 0 Å². The number of hydrogen-bond donors (Lipinski definition) is 1. The third-order valence-corrected chi connectivity index (χ3v) is 4.78. The molecule has 24 heavy (non-hydrogen) atoms. The molecule has 1 aliphatic rings. The predicted octanol–water partition coefficient (Wildman–Crippen LogP) is 2.61. The molecule has 0 radical (unpaired) electrons. The second-order valence-electron chi connectivity index (χ2n) is 6.32. The van der Waals surface area contributed by atoms with Crippen LogP contribution in [0.4, 0.5) is 0 Å². The summed E-state index contributed by atoms with van der Waals surface area (Å²) in [5, 5.41) is 0. The fourth-order valence-corrected chi connectivity index (χ4v) is 3.41. The molecule has 1 aliphatic heterocycles. The van der Waals surface area contributed by atoms with Crippen LogP contribution in [0.3, 0.4) is 0 Å². The molecule has 0 saturated heterocycles. The number of carbonyl (C=O) groups is 2. The van der Waals surface area contributed by atoms with Crippen LogP contribution < -0.4 is 5.73 Å². The SMILES string of the molecule is CCc1cc2c(cc1C)CC(C(N)=O)N(C(=O)c1ccccc1)C2. The molecule has 4 nitrogen and oxygen atoms in total. The van der Waals surface area contributed by atoms with Gasteiger partial charge >= 0.3 is 0 Å². The number of fused-ring (bicyclic) bond motifs is 1. The maximum absolute atomic E-state index is 12.9. The molecule has 4 heteroatoms. The minimum atomic E-state index is -0.600. The first kappa shape index (κ1) is 16.2. The van der Waals surface area contributed by atoms with Crippen molar-refractivity contribution in [2.75, 3.05) is 0 Å². The largest absolute Gasteiger partial charge is 0.368 e. The average molecular weight is 322 g/mol. The molecule has 2 aromatic carbocycles. The van der Waals surface area contributed by atoms with Crippen LogP contribution in [0.2, 0.25) is 0 Å². The molecule has 2 amide bonds. The monoisotopic (exact) mass is 322 g/mol. The third-order valence-electron chi connectivity index (χ3n) is 4.78. The lowest BCUT2D eigenvalue weighted by Gasteiger charge is -2.35. The van der Waals surface area contributed by atoms with Crippen molar-refractivity contribution in [3.8, 4) is 0 Å². The van der Waals surface area contributed by atoms with Gasteiger partial charge in [-0.15, -0.1) is 0 Å². The van der Waals surface area contributed by atoms with Crippen molar-refractivity contribution < 1.29 is 9.59 Å². The lowest BCUT2D eigenvalue weighted by molar-refractivity contribution is -0.122. The number of nitrogens with zero attached hydrogens (tertiary/aromatic N) is 1. The van der Waals surface area contributed by atoms with Gasteiger partial charge in [-0.05, 0) is 47.7 Å². The van der Waals surface area contributed by atoms with Crippen LogP contribution in [0, 0.1) is 6.92 Å². The van der Waals surface area contributed by atoms with Crippen molar-refractivity contribution in [2.24, 2.45) is 5.73 Å². The van der Waals surface area contributed by atoms with Gasteiger partial charge in [0.15, 0.2) is 0 Å². The third kappa shape index (κ3) is 2.92. The number of primary amides is 1. The Morgan fingerprint density at radius 2 is 1.88 bits per heavy atom. The van der Waals surface area contributed by atoms with E-state index in [9.17, 15) is 9.59 Å². The van der Waals surface area contributed by atoms with Gasteiger partial charge in [-0.3, -0.25) is 9.59 Å². The van der Waals surface area contributed by atoms with Crippen LogP contribution in [0.25, 0.3) is 0 Å². The Kier molecular flexibility index (Phi) is 4.38. The Labute approximate surface area is 142 Å². The molecule has 0 bridgehead atoms. The van der Waals surface area contributed by atoms with E-state index in [1.54, 1.807) is 17.0 Å². The van der Waals surface area contributed by atoms with Crippen molar-refractivity contribution in [1.82, 2.24) is 4.90 Å². The van der Waals surface area contributed by atoms with Gasteiger partial charge in [0.05, 0.1) is 0 Å². The van der Waals surface area contributed by atoms with E-state index >= 15 is 0 Å². The van der Waals surface area contributed by atoms with Crippen LogP contribution in [-0.4, -0.2) is 22.8 Å². The summed E-state index contributed by atoms with van der Waals surface area (Å²) in [6, 6.07) is 12.7. The summed E-state index contributed by atoms with van der Waals surface area (Å²) >= 11 is 0. The zero-order valence-corrected chi connectivity index (χ0v) is 14.1. The fourth-order valence-electron chi connectivity index (χ4n) is 3.41. The van der Waals surface area contributed by atoms with Crippen molar-refractivity contribution in [3.63, 3.8) is 0 Å². The Balaban J connectivity index is 2.00. The van der Waals surface area contributed by atoms with Crippen LogP contribution in [-0.2, 0) is 24.2 Å². The predicted molar refractivity (Wildman–Crippen MR) is 93.6 cm³/mol. The number of aryl methyl sites for hydroxylation is 2. The quantitative estimate of drug-likeness (QED) is 0.944. The fraction of sp³-hybridized carbons (Fsp3) is 0.300. The maximum atomic E-state index is 12.9. The van der Waals surface area contributed by atoms with Gasteiger partial charge in [-0.25, -0.2) is 0 Å². The summed E-state index contributed by atoms with van der Waals surface area (Å²) < 4.78 is 0. The van der Waals surface area contributed by atoms with Crippen molar-refractivity contribution in [2.45, 2.75) is 39.3 Å². The van der Waals surface area contributed by atoms with Gasteiger partial charge in [0, 0.05) is 18.5 Å². The summed E-state index contributed by atoms with van der Waals surface area (Å²) in [5.74, 6) is -0.606. The molecular weight excluding hydrogens is 300 g/mol. The summed E-state index contributed by atoms with van der Waals surface area (Å²) in [4.78, 5) is 26.4. The number of carbonyl (C=O) groups excluding carboxylic acids is 2. The second-order valence-corrected chi connectivity index (χ2v) is 6.32. The minimum absolute atomic E-state index is 0.149. The van der Waals surface area contributed by atoms with Gasteiger partial charge in [0.25, 0.3) is 5.91 Å². The van der Waals surface area contributed by atoms with Crippen molar-refractivity contribution >= 4 is 11.8 Å². The number of amides is 2. The van der Waals surface area contributed by atoms with Crippen molar-refractivity contribution in [3.05, 3.63) is 70.3 Å². The molecule has 0 aromatic heterocycles. The van der Waals surface area contributed by atoms with Crippen LogP contribution in [0.1, 0.15) is 39.5 Å². The summed E-state index contributed by atoms with van der Waals surface area (Å²) in [5.41, 5.74) is 10.9. The van der Waals surface area contributed by atoms with Gasteiger partial charge in [0.2, 0.25) is 5.91 Å². The van der Waals surface area contributed by atoms with E-state index in [0.717, 1.165) is 17.5 Å². The van der Waals surface area contributed by atoms with E-state index in [-0.39, 0.29) is 5.91 Å². The van der Waals surface area contributed by atoms with Gasteiger partial charge in [0.1, 0.15) is 6.04 Å². The first-order chi connectivity index (χ1) is 11.5. The molecule has 0 fully saturated rings. The standard InChI is InChI=1S/C20H22N2O2/c1-3-14-10-17-12-22(20(24)15-7-5-4-6-8-15)18(19(21)23)11-16(17)9-13(14)2/h4-10,18H,3,11-12H2,1-2H3,(H2,21,23). The zero-order valence-electron chi connectivity index (χ0n) is 14.1. The van der Waals surface area contributed by atoms with E-state index in [1.165, 1.54) is 11.1 Å². The van der Waals surface area contributed by atoms with Gasteiger partial charge in [-0.1, -0.05) is 37.3 Å². The molecular formula is C20H22N2O2. The van der Waals surface area contributed by atoms with E-state index < -0.39 is 11.9 Å².